The van der Waals surface area contributed by atoms with Gasteiger partial charge in [0.05, 0.1) is 12.7 Å². The maximum atomic E-state index is 13.0. The van der Waals surface area contributed by atoms with E-state index >= 15 is 0 Å². The smallest absolute Gasteiger partial charge is 0.171 e. The summed E-state index contributed by atoms with van der Waals surface area (Å²) in [6.07, 6.45) is 1.64. The zero-order chi connectivity index (χ0) is 11.5. The third-order valence-electron chi connectivity index (χ3n) is 2.14. The molecule has 0 fully saturated rings. The van der Waals surface area contributed by atoms with Gasteiger partial charge >= 0.3 is 0 Å². The SMILES string of the molecule is O=C(Cc1ccco1)c1cc(F)ccc1Br. The van der Waals surface area contributed by atoms with E-state index in [1.54, 1.807) is 12.1 Å². The number of carbonyl (C=O) groups is 1. The van der Waals surface area contributed by atoms with Crippen molar-refractivity contribution in [1.29, 1.82) is 0 Å². The fraction of sp³-hybridized carbons (Fsp3) is 0.0833. The van der Waals surface area contributed by atoms with Crippen LogP contribution in [-0.2, 0) is 6.42 Å². The van der Waals surface area contributed by atoms with Gasteiger partial charge in [-0.25, -0.2) is 4.39 Å². The molecule has 2 nitrogen and oxygen atoms in total. The Hall–Kier alpha value is -1.42. The highest BCUT2D eigenvalue weighted by Gasteiger charge is 2.13. The number of benzene rings is 1. The van der Waals surface area contributed by atoms with Crippen molar-refractivity contribution >= 4 is 21.7 Å². The van der Waals surface area contributed by atoms with Crippen LogP contribution in [0.25, 0.3) is 0 Å². The molecule has 1 heterocycles. The van der Waals surface area contributed by atoms with Crippen molar-refractivity contribution in [2.75, 3.05) is 0 Å². The Bertz CT molecular complexity index is 506. The number of furan rings is 1. The number of Topliss-reactive ketones (excluding diaryl/α,β-unsaturated/α-hetero) is 1. The maximum Gasteiger partial charge on any atom is 0.171 e. The van der Waals surface area contributed by atoms with E-state index in [9.17, 15) is 9.18 Å². The number of rotatable bonds is 3. The first-order valence-corrected chi connectivity index (χ1v) is 5.47. The monoisotopic (exact) mass is 282 g/mol. The molecule has 0 amide bonds. The zero-order valence-electron chi connectivity index (χ0n) is 8.24. The van der Waals surface area contributed by atoms with Crippen LogP contribution in [0.5, 0.6) is 0 Å². The number of carbonyl (C=O) groups excluding carboxylic acids is 1. The first-order valence-electron chi connectivity index (χ1n) is 4.67. The van der Waals surface area contributed by atoms with Gasteiger partial charge < -0.3 is 4.42 Å². The van der Waals surface area contributed by atoms with Crippen LogP contribution in [0.4, 0.5) is 4.39 Å². The molecule has 0 saturated heterocycles. The predicted molar refractivity (Wildman–Crippen MR) is 60.8 cm³/mol. The molecule has 2 rings (SSSR count). The Morgan fingerprint density at radius 1 is 1.38 bits per heavy atom. The van der Waals surface area contributed by atoms with Crippen molar-refractivity contribution < 1.29 is 13.6 Å². The molecule has 1 aromatic heterocycles. The second-order valence-electron chi connectivity index (χ2n) is 3.30. The van der Waals surface area contributed by atoms with E-state index in [4.69, 9.17) is 4.42 Å². The van der Waals surface area contributed by atoms with Crippen molar-refractivity contribution in [3.8, 4) is 0 Å². The van der Waals surface area contributed by atoms with Crippen LogP contribution in [0.1, 0.15) is 16.1 Å². The molecule has 0 atom stereocenters. The first kappa shape index (κ1) is 11.1. The molecular weight excluding hydrogens is 275 g/mol. The maximum absolute atomic E-state index is 13.0. The van der Waals surface area contributed by atoms with Gasteiger partial charge in [0.2, 0.25) is 0 Å². The van der Waals surface area contributed by atoms with E-state index in [0.29, 0.717) is 15.8 Å². The minimum absolute atomic E-state index is 0.134. The molecule has 2 aromatic rings. The first-order chi connectivity index (χ1) is 7.66. The highest BCUT2D eigenvalue weighted by Crippen LogP contribution is 2.20. The van der Waals surface area contributed by atoms with E-state index < -0.39 is 5.82 Å². The van der Waals surface area contributed by atoms with Gasteiger partial charge in [0.1, 0.15) is 11.6 Å². The van der Waals surface area contributed by atoms with Crippen LogP contribution >= 0.6 is 15.9 Å². The van der Waals surface area contributed by atoms with Crippen molar-refractivity contribution in [2.24, 2.45) is 0 Å². The summed E-state index contributed by atoms with van der Waals surface area (Å²) in [6.45, 7) is 0. The molecular formula is C12H8BrFO2. The van der Waals surface area contributed by atoms with Gasteiger partial charge in [0.25, 0.3) is 0 Å². The fourth-order valence-electron chi connectivity index (χ4n) is 1.38. The average molecular weight is 283 g/mol. The van der Waals surface area contributed by atoms with Crippen molar-refractivity contribution in [1.82, 2.24) is 0 Å². The highest BCUT2D eigenvalue weighted by atomic mass is 79.9. The van der Waals surface area contributed by atoms with Crippen LogP contribution in [0.15, 0.2) is 45.5 Å². The van der Waals surface area contributed by atoms with Crippen LogP contribution in [0, 0.1) is 5.82 Å². The topological polar surface area (TPSA) is 30.2 Å². The molecule has 82 valence electrons. The summed E-state index contributed by atoms with van der Waals surface area (Å²) in [5.41, 5.74) is 0.330. The summed E-state index contributed by atoms with van der Waals surface area (Å²) in [4.78, 5) is 11.8. The molecule has 1 aromatic carbocycles. The lowest BCUT2D eigenvalue weighted by Crippen LogP contribution is -2.04. The van der Waals surface area contributed by atoms with Gasteiger partial charge in [-0.2, -0.15) is 0 Å². The number of ketones is 1. The minimum Gasteiger partial charge on any atom is -0.469 e. The van der Waals surface area contributed by atoms with Crippen molar-refractivity contribution in [2.45, 2.75) is 6.42 Å². The van der Waals surface area contributed by atoms with E-state index in [0.717, 1.165) is 0 Å². The molecule has 0 aliphatic carbocycles. The van der Waals surface area contributed by atoms with Gasteiger partial charge in [-0.1, -0.05) is 15.9 Å². The van der Waals surface area contributed by atoms with Gasteiger partial charge in [-0.3, -0.25) is 4.79 Å². The third-order valence-corrected chi connectivity index (χ3v) is 2.84. The normalized spacial score (nSPS) is 10.4. The van der Waals surface area contributed by atoms with E-state index in [1.165, 1.54) is 24.5 Å². The molecule has 0 unspecified atom stereocenters. The lowest BCUT2D eigenvalue weighted by atomic mass is 10.1. The average Bonchev–Trinajstić information content (AvgIpc) is 2.74. The predicted octanol–water partition coefficient (Wildman–Crippen LogP) is 3.61. The number of hydrogen-bond donors (Lipinski definition) is 0. The molecule has 0 N–H and O–H groups in total. The van der Waals surface area contributed by atoms with E-state index in [1.807, 2.05) is 0 Å². The quantitative estimate of drug-likeness (QED) is 0.805. The van der Waals surface area contributed by atoms with E-state index in [2.05, 4.69) is 15.9 Å². The lowest BCUT2D eigenvalue weighted by molar-refractivity contribution is 0.0986. The van der Waals surface area contributed by atoms with Crippen molar-refractivity contribution in [3.05, 3.63) is 58.2 Å². The Labute approximate surface area is 100 Å². The van der Waals surface area contributed by atoms with Gasteiger partial charge in [-0.15, -0.1) is 0 Å². The van der Waals surface area contributed by atoms with Crippen LogP contribution in [0.2, 0.25) is 0 Å². The van der Waals surface area contributed by atoms with Crippen molar-refractivity contribution in [3.63, 3.8) is 0 Å². The Balaban J connectivity index is 2.24. The Morgan fingerprint density at radius 3 is 2.88 bits per heavy atom. The molecule has 0 aliphatic heterocycles. The second kappa shape index (κ2) is 4.61. The molecule has 16 heavy (non-hydrogen) atoms. The fourth-order valence-corrected chi connectivity index (χ4v) is 1.85. The standard InChI is InChI=1S/C12H8BrFO2/c13-11-4-3-8(14)6-10(11)12(15)7-9-2-1-5-16-9/h1-6H,7H2. The summed E-state index contributed by atoms with van der Waals surface area (Å²) < 4.78 is 18.6. The van der Waals surface area contributed by atoms with Gasteiger partial charge in [-0.05, 0) is 30.3 Å². The second-order valence-corrected chi connectivity index (χ2v) is 4.16. The lowest BCUT2D eigenvalue weighted by Gasteiger charge is -2.02. The van der Waals surface area contributed by atoms with Crippen LogP contribution < -0.4 is 0 Å². The molecule has 0 bridgehead atoms. The Morgan fingerprint density at radius 2 is 2.19 bits per heavy atom. The van der Waals surface area contributed by atoms with Crippen LogP contribution in [0.3, 0.4) is 0 Å². The molecule has 0 saturated carbocycles. The summed E-state index contributed by atoms with van der Waals surface area (Å²) >= 11 is 3.22. The largest absolute Gasteiger partial charge is 0.469 e. The number of hydrogen-bond acceptors (Lipinski definition) is 2. The Kier molecular flexibility index (Phi) is 3.19. The van der Waals surface area contributed by atoms with Gasteiger partial charge in [0.15, 0.2) is 5.78 Å². The van der Waals surface area contributed by atoms with Gasteiger partial charge in [0, 0.05) is 10.0 Å². The molecule has 0 aliphatic rings. The minimum atomic E-state index is -0.425. The summed E-state index contributed by atoms with van der Waals surface area (Å²) in [5.74, 6) is -0.0338. The number of halogens is 2. The summed E-state index contributed by atoms with van der Waals surface area (Å²) in [5, 5.41) is 0. The summed E-state index contributed by atoms with van der Waals surface area (Å²) in [6, 6.07) is 7.46. The van der Waals surface area contributed by atoms with E-state index in [-0.39, 0.29) is 12.2 Å². The molecule has 0 spiro atoms. The van der Waals surface area contributed by atoms with Crippen LogP contribution in [-0.4, -0.2) is 5.78 Å². The third kappa shape index (κ3) is 2.39. The molecule has 4 heteroatoms. The summed E-state index contributed by atoms with van der Waals surface area (Å²) in [7, 11) is 0. The molecule has 0 radical (unpaired) electrons. The highest BCUT2D eigenvalue weighted by molar-refractivity contribution is 9.10. The zero-order valence-corrected chi connectivity index (χ0v) is 9.83.